The average Bonchev–Trinajstić information content (AvgIpc) is 3.36. The van der Waals surface area contributed by atoms with Crippen LogP contribution in [0.1, 0.15) is 34.5 Å². The van der Waals surface area contributed by atoms with Gasteiger partial charge in [-0.2, -0.15) is 0 Å². The summed E-state index contributed by atoms with van der Waals surface area (Å²) < 4.78 is 1.75. The Morgan fingerprint density at radius 3 is 2.74 bits per heavy atom. The van der Waals surface area contributed by atoms with Gasteiger partial charge in [0, 0.05) is 36.0 Å². The van der Waals surface area contributed by atoms with E-state index in [4.69, 9.17) is 0 Å². The zero-order chi connectivity index (χ0) is 24.4. The Morgan fingerprint density at radius 1 is 1.03 bits per heavy atom. The minimum atomic E-state index is -0.205. The first-order valence-electron chi connectivity index (χ1n) is 11.4. The second-order valence-corrected chi connectivity index (χ2v) is 8.58. The van der Waals surface area contributed by atoms with Gasteiger partial charge >= 0.3 is 0 Å². The molecule has 2 aromatic heterocycles. The maximum atomic E-state index is 13.4. The fraction of sp³-hybridized carbons (Fsp3) is 0.143. The number of aromatic nitrogens is 4. The van der Waals surface area contributed by atoms with Crippen LogP contribution in [-0.2, 0) is 6.54 Å². The highest BCUT2D eigenvalue weighted by atomic mass is 16.3. The van der Waals surface area contributed by atoms with Crippen molar-refractivity contribution in [1.82, 2.24) is 24.9 Å². The molecule has 1 atom stereocenters. The molecule has 2 heterocycles. The number of rotatable bonds is 6. The predicted molar refractivity (Wildman–Crippen MR) is 135 cm³/mol. The van der Waals surface area contributed by atoms with Crippen molar-refractivity contribution in [1.29, 1.82) is 0 Å². The van der Waals surface area contributed by atoms with Gasteiger partial charge < -0.3 is 10.0 Å². The SMILES string of the molecule is CC(c1cccc(O)c1)N(C)C(=O)c1ccccc1Cn1cc(-c2ccc3cnccc3c2)nn1. The lowest BCUT2D eigenvalue weighted by molar-refractivity contribution is 0.0741. The Bertz CT molecular complexity index is 1510. The van der Waals surface area contributed by atoms with E-state index in [1.54, 1.807) is 41.0 Å². The number of amides is 1. The molecule has 5 aromatic rings. The van der Waals surface area contributed by atoms with Crippen molar-refractivity contribution < 1.29 is 9.90 Å². The zero-order valence-electron chi connectivity index (χ0n) is 19.5. The van der Waals surface area contributed by atoms with Crippen LogP contribution in [0.3, 0.4) is 0 Å². The van der Waals surface area contributed by atoms with Gasteiger partial charge in [-0.05, 0) is 53.8 Å². The number of benzene rings is 3. The molecule has 0 spiro atoms. The Labute approximate surface area is 203 Å². The number of carbonyl (C=O) groups excluding carboxylic acids is 1. The number of aromatic hydroxyl groups is 1. The molecule has 7 nitrogen and oxygen atoms in total. The van der Waals surface area contributed by atoms with Gasteiger partial charge in [-0.25, -0.2) is 4.68 Å². The van der Waals surface area contributed by atoms with Crippen molar-refractivity contribution in [2.45, 2.75) is 19.5 Å². The Morgan fingerprint density at radius 2 is 1.89 bits per heavy atom. The molecule has 7 heteroatoms. The molecule has 1 unspecified atom stereocenters. The van der Waals surface area contributed by atoms with Crippen molar-refractivity contribution in [3.8, 4) is 17.0 Å². The van der Waals surface area contributed by atoms with E-state index in [0.717, 1.165) is 33.2 Å². The first kappa shape index (κ1) is 22.3. The molecule has 3 aromatic carbocycles. The van der Waals surface area contributed by atoms with Crippen molar-refractivity contribution in [3.63, 3.8) is 0 Å². The van der Waals surface area contributed by atoms with E-state index in [1.165, 1.54) is 0 Å². The van der Waals surface area contributed by atoms with E-state index in [1.807, 2.05) is 67.8 Å². The molecule has 5 rings (SSSR count). The molecule has 0 fully saturated rings. The quantitative estimate of drug-likeness (QED) is 0.380. The van der Waals surface area contributed by atoms with Crippen LogP contribution >= 0.6 is 0 Å². The average molecular weight is 464 g/mol. The summed E-state index contributed by atoms with van der Waals surface area (Å²) in [6, 6.07) is 22.4. The molecule has 0 saturated carbocycles. The number of hydrogen-bond acceptors (Lipinski definition) is 5. The summed E-state index contributed by atoms with van der Waals surface area (Å²) in [7, 11) is 1.77. The lowest BCUT2D eigenvalue weighted by Crippen LogP contribution is -2.30. The highest BCUT2D eigenvalue weighted by Gasteiger charge is 2.21. The largest absolute Gasteiger partial charge is 0.508 e. The molecule has 174 valence electrons. The maximum absolute atomic E-state index is 13.4. The second kappa shape index (κ2) is 9.38. The molecule has 0 aliphatic carbocycles. The third-order valence-corrected chi connectivity index (χ3v) is 6.31. The van der Waals surface area contributed by atoms with E-state index >= 15 is 0 Å². The molecule has 0 aliphatic rings. The van der Waals surface area contributed by atoms with Gasteiger partial charge in [-0.1, -0.05) is 47.7 Å². The molecule has 1 amide bonds. The Balaban J connectivity index is 1.38. The summed E-state index contributed by atoms with van der Waals surface area (Å²) in [5.41, 5.74) is 4.07. The zero-order valence-corrected chi connectivity index (χ0v) is 19.5. The van der Waals surface area contributed by atoms with Gasteiger partial charge in [0.05, 0.1) is 18.8 Å². The number of phenols is 1. The van der Waals surface area contributed by atoms with E-state index < -0.39 is 0 Å². The number of fused-ring (bicyclic) bond motifs is 1. The van der Waals surface area contributed by atoms with Crippen LogP contribution in [-0.4, -0.2) is 42.9 Å². The monoisotopic (exact) mass is 463 g/mol. The van der Waals surface area contributed by atoms with E-state index in [0.29, 0.717) is 12.1 Å². The van der Waals surface area contributed by atoms with Gasteiger partial charge in [0.2, 0.25) is 0 Å². The van der Waals surface area contributed by atoms with Crippen molar-refractivity contribution in [3.05, 3.63) is 108 Å². The first-order valence-corrected chi connectivity index (χ1v) is 11.4. The van der Waals surface area contributed by atoms with Crippen LogP contribution in [0.25, 0.3) is 22.0 Å². The fourth-order valence-corrected chi connectivity index (χ4v) is 4.17. The minimum absolute atomic E-state index is 0.0973. The normalized spacial score (nSPS) is 11.9. The summed E-state index contributed by atoms with van der Waals surface area (Å²) in [4.78, 5) is 19.3. The number of nitrogens with zero attached hydrogens (tertiary/aromatic N) is 5. The summed E-state index contributed by atoms with van der Waals surface area (Å²) in [5.74, 6) is 0.0839. The number of pyridine rings is 1. The van der Waals surface area contributed by atoms with Crippen LogP contribution in [0.5, 0.6) is 5.75 Å². The topological polar surface area (TPSA) is 84.1 Å². The highest BCUT2D eigenvalue weighted by molar-refractivity contribution is 5.95. The fourth-order valence-electron chi connectivity index (χ4n) is 4.17. The summed E-state index contributed by atoms with van der Waals surface area (Å²) in [6.07, 6.45) is 5.50. The lowest BCUT2D eigenvalue weighted by atomic mass is 10.0. The second-order valence-electron chi connectivity index (χ2n) is 8.58. The number of carbonyl (C=O) groups is 1. The maximum Gasteiger partial charge on any atom is 0.254 e. The molecule has 1 N–H and O–H groups in total. The molecule has 0 aliphatic heterocycles. The summed E-state index contributed by atoms with van der Waals surface area (Å²) >= 11 is 0. The summed E-state index contributed by atoms with van der Waals surface area (Å²) in [5, 5.41) is 20.6. The van der Waals surface area contributed by atoms with Gasteiger partial charge in [-0.3, -0.25) is 9.78 Å². The van der Waals surface area contributed by atoms with Crippen LogP contribution in [0.15, 0.2) is 91.4 Å². The van der Waals surface area contributed by atoms with Crippen molar-refractivity contribution in [2.75, 3.05) is 7.05 Å². The molecule has 0 bridgehead atoms. The molecule has 0 radical (unpaired) electrons. The molecule has 35 heavy (non-hydrogen) atoms. The standard InChI is InChI=1S/C28H25N5O2/c1-19(20-7-5-8-25(34)15-20)32(2)28(35)26-9-4-3-6-24(26)17-33-18-27(30-31-33)22-10-11-23-16-29-13-12-21(23)14-22/h3-16,18-19,34H,17H2,1-2H3. The third kappa shape index (κ3) is 4.61. The van der Waals surface area contributed by atoms with Crippen LogP contribution in [0.4, 0.5) is 0 Å². The van der Waals surface area contributed by atoms with Crippen LogP contribution in [0.2, 0.25) is 0 Å². The Kier molecular flexibility index (Phi) is 5.97. The van der Waals surface area contributed by atoms with E-state index in [-0.39, 0.29) is 17.7 Å². The van der Waals surface area contributed by atoms with Crippen molar-refractivity contribution >= 4 is 16.7 Å². The van der Waals surface area contributed by atoms with Crippen LogP contribution < -0.4 is 0 Å². The van der Waals surface area contributed by atoms with E-state index in [2.05, 4.69) is 21.4 Å². The number of phenolic OH excluding ortho intramolecular Hbond substituents is 1. The van der Waals surface area contributed by atoms with Crippen molar-refractivity contribution in [2.24, 2.45) is 0 Å². The predicted octanol–water partition coefficient (Wildman–Crippen LogP) is 5.08. The Hall–Kier alpha value is -4.52. The molecular weight excluding hydrogens is 438 g/mol. The highest BCUT2D eigenvalue weighted by Crippen LogP contribution is 2.26. The van der Waals surface area contributed by atoms with Gasteiger partial charge in [0.15, 0.2) is 0 Å². The third-order valence-electron chi connectivity index (χ3n) is 6.31. The van der Waals surface area contributed by atoms with E-state index in [9.17, 15) is 9.90 Å². The van der Waals surface area contributed by atoms with Gasteiger partial charge in [-0.15, -0.1) is 5.10 Å². The molecule has 0 saturated heterocycles. The number of hydrogen-bond donors (Lipinski definition) is 1. The lowest BCUT2D eigenvalue weighted by Gasteiger charge is -2.26. The van der Waals surface area contributed by atoms with Gasteiger partial charge in [0.1, 0.15) is 11.4 Å². The van der Waals surface area contributed by atoms with Gasteiger partial charge in [0.25, 0.3) is 5.91 Å². The summed E-state index contributed by atoms with van der Waals surface area (Å²) in [6.45, 7) is 2.36. The minimum Gasteiger partial charge on any atom is -0.508 e. The molecular formula is C28H25N5O2. The van der Waals surface area contributed by atoms with Crippen LogP contribution in [0, 0.1) is 0 Å². The smallest absolute Gasteiger partial charge is 0.254 e. The first-order chi connectivity index (χ1) is 17.0.